The lowest BCUT2D eigenvalue weighted by molar-refractivity contribution is -0.139. The van der Waals surface area contributed by atoms with E-state index in [0.29, 0.717) is 13.0 Å². The van der Waals surface area contributed by atoms with Crippen LogP contribution < -0.4 is 0 Å². The molecular weight excluding hydrogens is 290 g/mol. The van der Waals surface area contributed by atoms with Crippen molar-refractivity contribution in [2.24, 2.45) is 0 Å². The van der Waals surface area contributed by atoms with Crippen molar-refractivity contribution in [3.05, 3.63) is 35.9 Å². The second-order valence-corrected chi connectivity index (χ2v) is 5.96. The Balaban J connectivity index is 1.74. The average molecular weight is 313 g/mol. The molecule has 23 heavy (non-hydrogen) atoms. The molecule has 5 nitrogen and oxygen atoms in total. The second kappa shape index (κ2) is 8.33. The Kier molecular flexibility index (Phi) is 6.16. The summed E-state index contributed by atoms with van der Waals surface area (Å²) in [5, 5.41) is 9.03. The van der Waals surface area contributed by atoms with Crippen LogP contribution in [-0.2, 0) is 16.0 Å². The summed E-state index contributed by atoms with van der Waals surface area (Å²) in [5.41, 5.74) is 1.22. The number of nitrogens with zero attached hydrogens (tertiary/aromatic N) is 3. The Morgan fingerprint density at radius 3 is 2.78 bits per heavy atom. The minimum Gasteiger partial charge on any atom is -0.336 e. The first-order valence-corrected chi connectivity index (χ1v) is 8.09. The highest BCUT2D eigenvalue weighted by molar-refractivity contribution is 5.85. The Morgan fingerprint density at radius 1 is 1.35 bits per heavy atom. The Labute approximate surface area is 137 Å². The first-order chi connectivity index (χ1) is 11.1. The molecule has 1 atom stereocenters. The molecule has 122 valence electrons. The fourth-order valence-electron chi connectivity index (χ4n) is 2.86. The smallest absolute Gasteiger partial charge is 0.243 e. The van der Waals surface area contributed by atoms with Crippen LogP contribution in [0, 0.1) is 11.3 Å². The van der Waals surface area contributed by atoms with Gasteiger partial charge in [-0.25, -0.2) is 0 Å². The summed E-state index contributed by atoms with van der Waals surface area (Å²) < 4.78 is 0. The molecule has 0 spiro atoms. The third kappa shape index (κ3) is 4.82. The van der Waals surface area contributed by atoms with Crippen molar-refractivity contribution in [2.75, 3.05) is 20.1 Å². The van der Waals surface area contributed by atoms with Crippen LogP contribution in [0.4, 0.5) is 0 Å². The standard InChI is InChI=1S/C18H23N3O2/c1-20(14-18(23)21-12-6-10-16(21)13-19)17(22)11-5-9-15-7-3-2-4-8-15/h2-4,7-8,16H,5-6,9-12,14H2,1H3/t16-/m0/s1. The summed E-state index contributed by atoms with van der Waals surface area (Å²) in [6.45, 7) is 0.676. The summed E-state index contributed by atoms with van der Waals surface area (Å²) in [5.74, 6) is -0.157. The number of aryl methyl sites for hydroxylation is 1. The van der Waals surface area contributed by atoms with E-state index in [2.05, 4.69) is 6.07 Å². The molecule has 1 fully saturated rings. The van der Waals surface area contributed by atoms with E-state index >= 15 is 0 Å². The summed E-state index contributed by atoms with van der Waals surface area (Å²) in [6, 6.07) is 11.9. The van der Waals surface area contributed by atoms with Gasteiger partial charge in [0, 0.05) is 20.0 Å². The third-order valence-electron chi connectivity index (χ3n) is 4.22. The minimum atomic E-state index is -0.330. The van der Waals surface area contributed by atoms with Gasteiger partial charge >= 0.3 is 0 Å². The monoisotopic (exact) mass is 313 g/mol. The van der Waals surface area contributed by atoms with Crippen LogP contribution in [0.3, 0.4) is 0 Å². The minimum absolute atomic E-state index is 0.0259. The number of nitriles is 1. The largest absolute Gasteiger partial charge is 0.336 e. The highest BCUT2D eigenvalue weighted by Crippen LogP contribution is 2.16. The van der Waals surface area contributed by atoms with Gasteiger partial charge in [0.1, 0.15) is 6.04 Å². The molecule has 0 aromatic heterocycles. The lowest BCUT2D eigenvalue weighted by atomic mass is 10.1. The molecule has 1 aromatic rings. The van der Waals surface area contributed by atoms with Gasteiger partial charge in [-0.3, -0.25) is 9.59 Å². The molecule has 0 bridgehead atoms. The van der Waals surface area contributed by atoms with E-state index in [9.17, 15) is 9.59 Å². The van der Waals surface area contributed by atoms with Gasteiger partial charge in [0.25, 0.3) is 0 Å². The van der Waals surface area contributed by atoms with Crippen LogP contribution in [0.25, 0.3) is 0 Å². The van der Waals surface area contributed by atoms with Crippen molar-refractivity contribution >= 4 is 11.8 Å². The maximum atomic E-state index is 12.2. The van der Waals surface area contributed by atoms with Crippen LogP contribution in [0.5, 0.6) is 0 Å². The highest BCUT2D eigenvalue weighted by atomic mass is 16.2. The zero-order chi connectivity index (χ0) is 16.7. The molecule has 1 heterocycles. The Morgan fingerprint density at radius 2 is 2.09 bits per heavy atom. The normalized spacial score (nSPS) is 16.9. The number of benzene rings is 1. The van der Waals surface area contributed by atoms with Crippen molar-refractivity contribution in [3.63, 3.8) is 0 Å². The van der Waals surface area contributed by atoms with Gasteiger partial charge < -0.3 is 9.80 Å². The van der Waals surface area contributed by atoms with E-state index in [1.54, 1.807) is 11.9 Å². The molecule has 0 N–H and O–H groups in total. The van der Waals surface area contributed by atoms with Gasteiger partial charge in [-0.15, -0.1) is 0 Å². The van der Waals surface area contributed by atoms with E-state index in [1.807, 2.05) is 30.3 Å². The summed E-state index contributed by atoms with van der Waals surface area (Å²) in [6.07, 6.45) is 3.65. The number of amides is 2. The lowest BCUT2D eigenvalue weighted by Gasteiger charge is -2.23. The fraction of sp³-hybridized carbons (Fsp3) is 0.500. The van der Waals surface area contributed by atoms with Gasteiger partial charge in [-0.05, 0) is 31.2 Å². The van der Waals surface area contributed by atoms with Gasteiger partial charge in [0.2, 0.25) is 11.8 Å². The maximum Gasteiger partial charge on any atom is 0.243 e. The molecule has 0 saturated carbocycles. The van der Waals surface area contributed by atoms with Crippen molar-refractivity contribution < 1.29 is 9.59 Å². The van der Waals surface area contributed by atoms with E-state index in [1.165, 1.54) is 10.5 Å². The van der Waals surface area contributed by atoms with Crippen molar-refractivity contribution in [1.82, 2.24) is 9.80 Å². The molecule has 1 aliphatic heterocycles. The van der Waals surface area contributed by atoms with Crippen molar-refractivity contribution in [2.45, 2.75) is 38.1 Å². The van der Waals surface area contributed by atoms with Crippen LogP contribution in [-0.4, -0.2) is 47.8 Å². The zero-order valence-corrected chi connectivity index (χ0v) is 13.6. The van der Waals surface area contributed by atoms with Gasteiger partial charge in [-0.1, -0.05) is 30.3 Å². The zero-order valence-electron chi connectivity index (χ0n) is 13.6. The molecule has 1 aromatic carbocycles. The van der Waals surface area contributed by atoms with Gasteiger partial charge in [-0.2, -0.15) is 5.26 Å². The van der Waals surface area contributed by atoms with Gasteiger partial charge in [0.15, 0.2) is 0 Å². The van der Waals surface area contributed by atoms with Crippen molar-refractivity contribution in [1.29, 1.82) is 5.26 Å². The molecule has 2 rings (SSSR count). The van der Waals surface area contributed by atoms with Crippen LogP contribution >= 0.6 is 0 Å². The first kappa shape index (κ1) is 17.0. The van der Waals surface area contributed by atoms with Crippen LogP contribution in [0.15, 0.2) is 30.3 Å². The molecular formula is C18H23N3O2. The number of likely N-dealkylation sites (N-methyl/N-ethyl adjacent to an activating group) is 1. The molecule has 0 unspecified atom stereocenters. The van der Waals surface area contributed by atoms with Crippen LogP contribution in [0.2, 0.25) is 0 Å². The number of hydrogen-bond acceptors (Lipinski definition) is 3. The number of hydrogen-bond donors (Lipinski definition) is 0. The highest BCUT2D eigenvalue weighted by Gasteiger charge is 2.29. The predicted octanol–water partition coefficient (Wildman–Crippen LogP) is 1.98. The third-order valence-corrected chi connectivity index (χ3v) is 4.22. The maximum absolute atomic E-state index is 12.2. The number of carbonyl (C=O) groups is 2. The summed E-state index contributed by atoms with van der Waals surface area (Å²) in [7, 11) is 1.65. The average Bonchev–Trinajstić information content (AvgIpc) is 3.04. The van der Waals surface area contributed by atoms with E-state index in [0.717, 1.165) is 25.7 Å². The van der Waals surface area contributed by atoms with E-state index in [4.69, 9.17) is 5.26 Å². The molecule has 0 radical (unpaired) electrons. The topological polar surface area (TPSA) is 64.4 Å². The Bertz CT molecular complexity index is 580. The molecule has 0 aliphatic carbocycles. The lowest BCUT2D eigenvalue weighted by Crippen LogP contribution is -2.42. The predicted molar refractivity (Wildman–Crippen MR) is 87.4 cm³/mol. The molecule has 5 heteroatoms. The molecule has 1 saturated heterocycles. The number of likely N-dealkylation sites (tertiary alicyclic amines) is 1. The molecule has 2 amide bonds. The molecule has 1 aliphatic rings. The van der Waals surface area contributed by atoms with E-state index in [-0.39, 0.29) is 24.4 Å². The summed E-state index contributed by atoms with van der Waals surface area (Å²) in [4.78, 5) is 27.4. The van der Waals surface area contributed by atoms with Crippen molar-refractivity contribution in [3.8, 4) is 6.07 Å². The number of carbonyl (C=O) groups excluding carboxylic acids is 2. The Hall–Kier alpha value is -2.35. The van der Waals surface area contributed by atoms with Gasteiger partial charge in [0.05, 0.1) is 12.6 Å². The SMILES string of the molecule is CN(CC(=O)N1CCC[C@H]1C#N)C(=O)CCCc1ccccc1. The van der Waals surface area contributed by atoms with Crippen LogP contribution in [0.1, 0.15) is 31.2 Å². The first-order valence-electron chi connectivity index (χ1n) is 8.09. The fourth-order valence-corrected chi connectivity index (χ4v) is 2.86. The quantitative estimate of drug-likeness (QED) is 0.806. The summed E-state index contributed by atoms with van der Waals surface area (Å²) >= 11 is 0. The van der Waals surface area contributed by atoms with E-state index < -0.39 is 0 Å². The second-order valence-electron chi connectivity index (χ2n) is 5.96. The number of rotatable bonds is 6.